The van der Waals surface area contributed by atoms with Crippen molar-refractivity contribution >= 4 is 40.0 Å². The number of thiocarbonyl (C=S) groups is 1. The molecule has 0 bridgehead atoms. The lowest BCUT2D eigenvalue weighted by Crippen LogP contribution is -2.47. The molecule has 0 aromatic carbocycles. The molecule has 4 rings (SSSR count). The van der Waals surface area contributed by atoms with E-state index in [1.54, 1.807) is 6.20 Å². The van der Waals surface area contributed by atoms with Gasteiger partial charge in [-0.05, 0) is 80.9 Å². The highest BCUT2D eigenvalue weighted by atomic mass is 32.2. The molecular weight excluding hydrogens is 428 g/mol. The molecule has 2 aromatic rings. The minimum absolute atomic E-state index is 0.167. The molecule has 1 saturated heterocycles. The van der Waals surface area contributed by atoms with Gasteiger partial charge < -0.3 is 19.2 Å². The van der Waals surface area contributed by atoms with E-state index < -0.39 is 5.60 Å². The van der Waals surface area contributed by atoms with Gasteiger partial charge >= 0.3 is 0 Å². The number of hydrogen-bond acceptors (Lipinski definition) is 7. The fourth-order valence-corrected chi connectivity index (χ4v) is 4.89. The normalized spacial score (nSPS) is 27.8. The Morgan fingerprint density at radius 3 is 2.71 bits per heavy atom. The Hall–Kier alpha value is -2.21. The fraction of sp³-hybridized carbons (Fsp3) is 0.478. The molecule has 0 spiro atoms. The lowest BCUT2D eigenvalue weighted by atomic mass is 9.66. The van der Waals surface area contributed by atoms with Crippen LogP contribution in [0.1, 0.15) is 43.9 Å². The molecule has 2 aromatic heterocycles. The monoisotopic (exact) mass is 454 g/mol. The molecule has 2 fully saturated rings. The standard InChI is InChI=1S/C23H26N4O2S2/c1-15-13-27(14-16(2)28-15)21-7-5-6-19(26-21)23(29-22(30)31-4)11-18(12-23)17-8-9-25-20(10-17)24-3/h5-10,15-16,18H,11-14H2,1-2,4H3/t15-,16+,18?,23?. The van der Waals surface area contributed by atoms with Gasteiger partial charge in [0.15, 0.2) is 5.60 Å². The van der Waals surface area contributed by atoms with Crippen molar-refractivity contribution in [1.82, 2.24) is 9.97 Å². The van der Waals surface area contributed by atoms with Crippen LogP contribution in [-0.4, -0.2) is 45.9 Å². The number of nitrogens with zero attached hydrogens (tertiary/aromatic N) is 4. The smallest absolute Gasteiger partial charge is 0.269 e. The van der Waals surface area contributed by atoms with Crippen LogP contribution in [0, 0.1) is 6.57 Å². The van der Waals surface area contributed by atoms with E-state index in [9.17, 15) is 0 Å². The van der Waals surface area contributed by atoms with E-state index in [-0.39, 0.29) is 18.1 Å². The van der Waals surface area contributed by atoms with Gasteiger partial charge in [0, 0.05) is 13.1 Å². The average Bonchev–Trinajstić information content (AvgIpc) is 2.75. The predicted octanol–water partition coefficient (Wildman–Crippen LogP) is 5.08. The highest BCUT2D eigenvalue weighted by molar-refractivity contribution is 8.22. The van der Waals surface area contributed by atoms with Crippen LogP contribution < -0.4 is 4.90 Å². The molecule has 0 unspecified atom stereocenters. The van der Waals surface area contributed by atoms with E-state index in [1.807, 2.05) is 30.5 Å². The van der Waals surface area contributed by atoms with Crippen molar-refractivity contribution in [3.05, 3.63) is 59.2 Å². The Morgan fingerprint density at radius 1 is 1.29 bits per heavy atom. The molecule has 0 radical (unpaired) electrons. The number of pyridine rings is 2. The second kappa shape index (κ2) is 9.11. The van der Waals surface area contributed by atoms with E-state index in [1.165, 1.54) is 11.8 Å². The van der Waals surface area contributed by atoms with E-state index >= 15 is 0 Å². The van der Waals surface area contributed by atoms with Crippen molar-refractivity contribution in [3.63, 3.8) is 0 Å². The lowest BCUT2D eigenvalue weighted by molar-refractivity contribution is -0.0386. The van der Waals surface area contributed by atoms with Crippen LogP contribution in [0.15, 0.2) is 36.5 Å². The minimum atomic E-state index is -0.550. The van der Waals surface area contributed by atoms with Crippen LogP contribution in [0.5, 0.6) is 0 Å². The molecule has 1 saturated carbocycles. The third kappa shape index (κ3) is 4.69. The van der Waals surface area contributed by atoms with Gasteiger partial charge in [0.1, 0.15) is 12.0 Å². The van der Waals surface area contributed by atoms with Gasteiger partial charge in [0.05, 0.1) is 17.9 Å². The van der Waals surface area contributed by atoms with Crippen molar-refractivity contribution in [3.8, 4) is 0 Å². The lowest BCUT2D eigenvalue weighted by Gasteiger charge is -2.47. The minimum Gasteiger partial charge on any atom is -0.465 e. The van der Waals surface area contributed by atoms with E-state index in [0.717, 1.165) is 43.0 Å². The Labute approximate surface area is 193 Å². The number of anilines is 1. The Bertz CT molecular complexity index is 993. The van der Waals surface area contributed by atoms with Crippen LogP contribution in [0.2, 0.25) is 0 Å². The Morgan fingerprint density at radius 2 is 2.03 bits per heavy atom. The Kier molecular flexibility index (Phi) is 6.47. The highest BCUT2D eigenvalue weighted by Gasteiger charge is 2.50. The van der Waals surface area contributed by atoms with Gasteiger partial charge in [-0.25, -0.2) is 4.98 Å². The second-order valence-corrected chi connectivity index (χ2v) is 9.67. The van der Waals surface area contributed by atoms with Crippen molar-refractivity contribution in [2.24, 2.45) is 0 Å². The SMILES string of the molecule is [C-]#[N+]c1cc(C2CC(OC(=S)SC)(c3cccc(N4C[C@@H](C)O[C@@H](C)C4)n3)C2)ccn1. The summed E-state index contributed by atoms with van der Waals surface area (Å²) in [6.45, 7) is 13.1. The molecule has 6 nitrogen and oxygen atoms in total. The van der Waals surface area contributed by atoms with Gasteiger partial charge in [-0.2, -0.15) is 0 Å². The predicted molar refractivity (Wildman–Crippen MR) is 128 cm³/mol. The Balaban J connectivity index is 1.60. The van der Waals surface area contributed by atoms with Crippen LogP contribution in [0.3, 0.4) is 0 Å². The summed E-state index contributed by atoms with van der Waals surface area (Å²) in [7, 11) is 0. The zero-order valence-corrected chi connectivity index (χ0v) is 19.6. The summed E-state index contributed by atoms with van der Waals surface area (Å²) in [5.74, 6) is 1.65. The van der Waals surface area contributed by atoms with Crippen molar-refractivity contribution < 1.29 is 9.47 Å². The number of thioether (sulfide) groups is 1. The van der Waals surface area contributed by atoms with Gasteiger partial charge in [-0.3, -0.25) is 0 Å². The number of ether oxygens (including phenoxy) is 2. The molecule has 3 heterocycles. The quantitative estimate of drug-likeness (QED) is 0.472. The molecule has 8 heteroatoms. The summed E-state index contributed by atoms with van der Waals surface area (Å²) in [6, 6.07) is 9.99. The molecule has 0 N–H and O–H groups in total. The largest absolute Gasteiger partial charge is 0.465 e. The first-order valence-electron chi connectivity index (χ1n) is 10.4. The van der Waals surface area contributed by atoms with E-state index in [2.05, 4.69) is 34.6 Å². The third-order valence-electron chi connectivity index (χ3n) is 5.90. The van der Waals surface area contributed by atoms with E-state index in [0.29, 0.717) is 10.2 Å². The first-order chi connectivity index (χ1) is 14.9. The molecule has 2 aliphatic rings. The van der Waals surface area contributed by atoms with Crippen LogP contribution in [0.25, 0.3) is 4.85 Å². The van der Waals surface area contributed by atoms with Crippen LogP contribution in [-0.2, 0) is 15.1 Å². The maximum atomic E-state index is 7.23. The number of morpholine rings is 1. The van der Waals surface area contributed by atoms with Gasteiger partial charge in [0.25, 0.3) is 5.82 Å². The molecule has 1 aliphatic carbocycles. The fourth-order valence-electron chi connectivity index (χ4n) is 4.49. The number of aromatic nitrogens is 2. The topological polar surface area (TPSA) is 51.8 Å². The average molecular weight is 455 g/mol. The summed E-state index contributed by atoms with van der Waals surface area (Å²) >= 11 is 6.86. The summed E-state index contributed by atoms with van der Waals surface area (Å²) in [4.78, 5) is 14.9. The zero-order valence-electron chi connectivity index (χ0n) is 17.9. The molecule has 0 amide bonds. The summed E-state index contributed by atoms with van der Waals surface area (Å²) < 4.78 is 12.7. The summed E-state index contributed by atoms with van der Waals surface area (Å²) in [5.41, 5.74) is 1.47. The maximum Gasteiger partial charge on any atom is 0.269 e. The van der Waals surface area contributed by atoms with Gasteiger partial charge in [-0.1, -0.05) is 24.4 Å². The third-order valence-corrected chi connectivity index (χ3v) is 6.90. The molecular formula is C23H26N4O2S2. The molecule has 31 heavy (non-hydrogen) atoms. The van der Waals surface area contributed by atoms with Crippen molar-refractivity contribution in [2.75, 3.05) is 24.2 Å². The maximum absolute atomic E-state index is 7.23. The number of hydrogen-bond donors (Lipinski definition) is 0. The van der Waals surface area contributed by atoms with Gasteiger partial charge in [0.2, 0.25) is 4.38 Å². The first kappa shape index (κ1) is 22.0. The van der Waals surface area contributed by atoms with Crippen LogP contribution >= 0.6 is 24.0 Å². The highest BCUT2D eigenvalue weighted by Crippen LogP contribution is 2.54. The molecule has 1 aliphatic heterocycles. The number of rotatable bonds is 4. The molecule has 162 valence electrons. The molecule has 2 atom stereocenters. The second-order valence-electron chi connectivity index (χ2n) is 8.26. The summed E-state index contributed by atoms with van der Waals surface area (Å²) in [6.07, 6.45) is 5.50. The summed E-state index contributed by atoms with van der Waals surface area (Å²) in [5, 5.41) is 0. The first-order valence-corrected chi connectivity index (χ1v) is 12.0. The van der Waals surface area contributed by atoms with E-state index in [4.69, 9.17) is 33.2 Å². The van der Waals surface area contributed by atoms with Gasteiger partial charge in [-0.15, -0.1) is 4.98 Å². The van der Waals surface area contributed by atoms with Crippen LogP contribution in [0.4, 0.5) is 11.6 Å². The van der Waals surface area contributed by atoms with Crippen molar-refractivity contribution in [2.45, 2.75) is 50.4 Å². The zero-order chi connectivity index (χ0) is 22.0. The van der Waals surface area contributed by atoms with Crippen molar-refractivity contribution in [1.29, 1.82) is 0 Å².